The molecular weight excluding hydrogens is 479 g/mol. The van der Waals surface area contributed by atoms with E-state index in [-0.39, 0.29) is 36.6 Å². The van der Waals surface area contributed by atoms with E-state index in [1.54, 1.807) is 0 Å². The molecule has 1 aromatic rings. The minimum Gasteiger partial charge on any atom is -0.465 e. The van der Waals surface area contributed by atoms with E-state index in [0.717, 1.165) is 63.0 Å². The van der Waals surface area contributed by atoms with Crippen LogP contribution >= 0.6 is 24.0 Å². The number of nitrogens with zero attached hydrogens (tertiary/aromatic N) is 2. The second-order valence-electron chi connectivity index (χ2n) is 8.32. The lowest BCUT2D eigenvalue weighted by Crippen LogP contribution is -2.43. The molecule has 2 heterocycles. The van der Waals surface area contributed by atoms with Gasteiger partial charge >= 0.3 is 0 Å². The first kappa shape index (κ1) is 26.2. The topological polar surface area (TPSA) is 73.0 Å². The van der Waals surface area contributed by atoms with Gasteiger partial charge in [-0.1, -0.05) is 13.8 Å². The van der Waals surface area contributed by atoms with Crippen LogP contribution in [0.3, 0.4) is 0 Å². The van der Waals surface area contributed by atoms with E-state index < -0.39 is 0 Å². The molecule has 0 saturated carbocycles. The summed E-state index contributed by atoms with van der Waals surface area (Å²) in [6, 6.07) is 4.37. The summed E-state index contributed by atoms with van der Waals surface area (Å²) in [7, 11) is 0. The number of halogens is 1. The van der Waals surface area contributed by atoms with Crippen molar-refractivity contribution >= 4 is 29.9 Å². The number of aliphatic hydroxyl groups is 1. The zero-order chi connectivity index (χ0) is 20.4. The maximum absolute atomic E-state index is 9.35. The highest BCUT2D eigenvalue weighted by atomic mass is 127. The molecule has 1 saturated heterocycles. The van der Waals surface area contributed by atoms with Crippen molar-refractivity contribution in [3.63, 3.8) is 0 Å². The number of aliphatic hydroxyl groups excluding tert-OH is 1. The molecule has 1 fully saturated rings. The number of rotatable bonds is 11. The van der Waals surface area contributed by atoms with Crippen LogP contribution in [0.1, 0.15) is 64.0 Å². The molecule has 1 aromatic heterocycles. The third-order valence-corrected chi connectivity index (χ3v) is 5.33. The normalized spacial score (nSPS) is 17.2. The summed E-state index contributed by atoms with van der Waals surface area (Å²) in [5.74, 6) is 3.87. The molecule has 2 unspecified atom stereocenters. The Hall–Kier alpha value is -0.800. The lowest BCUT2D eigenvalue weighted by molar-refractivity contribution is 0.213. The summed E-state index contributed by atoms with van der Waals surface area (Å²) < 4.78 is 5.95. The van der Waals surface area contributed by atoms with Crippen molar-refractivity contribution < 1.29 is 9.52 Å². The van der Waals surface area contributed by atoms with E-state index in [1.165, 1.54) is 12.8 Å². The lowest BCUT2D eigenvalue weighted by Gasteiger charge is -2.27. The number of aryl methyl sites for hydroxylation is 1. The fourth-order valence-corrected chi connectivity index (χ4v) is 3.98. The van der Waals surface area contributed by atoms with Crippen molar-refractivity contribution in [2.45, 2.75) is 59.4 Å². The standard InChI is InChI=1S/C22H40N4O2.HI/c1-5-23-22(24-15-19(10-13-27)14-17(2)3)25-16-20(26-11-6-7-12-26)21-9-8-18(4)28-21;/h8-9,17,19-20,27H,5-7,10-16H2,1-4H3,(H2,23,24,25);1H. The number of hydrogen-bond donors (Lipinski definition) is 3. The van der Waals surface area contributed by atoms with E-state index in [4.69, 9.17) is 9.41 Å². The Morgan fingerprint density at radius 2 is 1.97 bits per heavy atom. The van der Waals surface area contributed by atoms with Crippen LogP contribution < -0.4 is 10.6 Å². The van der Waals surface area contributed by atoms with Crippen LogP contribution in [0.5, 0.6) is 0 Å². The molecule has 0 bridgehead atoms. The molecule has 1 aliphatic rings. The zero-order valence-corrected chi connectivity index (χ0v) is 20.9. The monoisotopic (exact) mass is 520 g/mol. The van der Waals surface area contributed by atoms with Crippen LogP contribution in [-0.4, -0.2) is 55.3 Å². The molecule has 0 spiro atoms. The van der Waals surface area contributed by atoms with Gasteiger partial charge in [0.05, 0.1) is 6.04 Å². The molecule has 0 aliphatic carbocycles. The van der Waals surface area contributed by atoms with E-state index in [1.807, 2.05) is 13.0 Å². The van der Waals surface area contributed by atoms with Crippen LogP contribution in [0.15, 0.2) is 21.5 Å². The largest absolute Gasteiger partial charge is 0.465 e. The van der Waals surface area contributed by atoms with Gasteiger partial charge in [-0.15, -0.1) is 24.0 Å². The Morgan fingerprint density at radius 1 is 1.24 bits per heavy atom. The van der Waals surface area contributed by atoms with Gasteiger partial charge in [0.15, 0.2) is 5.96 Å². The van der Waals surface area contributed by atoms with Crippen LogP contribution in [0.4, 0.5) is 0 Å². The Balaban J connectivity index is 0.00000420. The molecule has 7 heteroatoms. The minimum atomic E-state index is 0. The first-order chi connectivity index (χ1) is 13.5. The van der Waals surface area contributed by atoms with Gasteiger partial charge in [-0.05, 0) is 76.6 Å². The van der Waals surface area contributed by atoms with Crippen LogP contribution in [0.25, 0.3) is 0 Å². The molecule has 0 amide bonds. The molecule has 29 heavy (non-hydrogen) atoms. The van der Waals surface area contributed by atoms with Crippen LogP contribution in [-0.2, 0) is 0 Å². The number of furan rings is 1. The summed E-state index contributed by atoms with van der Waals surface area (Å²) in [6.45, 7) is 13.3. The molecule has 3 N–H and O–H groups in total. The molecule has 1 aliphatic heterocycles. The molecule has 0 radical (unpaired) electrons. The van der Waals surface area contributed by atoms with Gasteiger partial charge in [-0.2, -0.15) is 0 Å². The average Bonchev–Trinajstić information content (AvgIpc) is 3.32. The van der Waals surface area contributed by atoms with Crippen molar-refractivity contribution in [3.05, 3.63) is 23.7 Å². The Bertz CT molecular complexity index is 585. The first-order valence-electron chi connectivity index (χ1n) is 11.0. The summed E-state index contributed by atoms with van der Waals surface area (Å²) in [6.07, 6.45) is 4.40. The molecule has 2 atom stereocenters. The van der Waals surface area contributed by atoms with Gasteiger partial charge in [0.25, 0.3) is 0 Å². The van der Waals surface area contributed by atoms with E-state index in [0.29, 0.717) is 11.8 Å². The van der Waals surface area contributed by atoms with Gasteiger partial charge in [-0.3, -0.25) is 9.89 Å². The Morgan fingerprint density at radius 3 is 2.52 bits per heavy atom. The van der Waals surface area contributed by atoms with Crippen LogP contribution in [0.2, 0.25) is 0 Å². The summed E-state index contributed by atoms with van der Waals surface area (Å²) in [4.78, 5) is 7.32. The highest BCUT2D eigenvalue weighted by Crippen LogP contribution is 2.26. The van der Waals surface area contributed by atoms with Crippen molar-refractivity contribution in [1.82, 2.24) is 15.5 Å². The number of nitrogens with one attached hydrogen (secondary N) is 2. The second kappa shape index (κ2) is 14.2. The lowest BCUT2D eigenvalue weighted by atomic mass is 9.94. The predicted octanol–water partition coefficient (Wildman–Crippen LogP) is 3.94. The Labute approximate surface area is 193 Å². The highest BCUT2D eigenvalue weighted by Gasteiger charge is 2.26. The van der Waals surface area contributed by atoms with Crippen molar-refractivity contribution in [1.29, 1.82) is 0 Å². The number of likely N-dealkylation sites (tertiary alicyclic amines) is 1. The summed E-state index contributed by atoms with van der Waals surface area (Å²) in [5, 5.41) is 16.2. The Kier molecular flexibility index (Phi) is 12.9. The van der Waals surface area contributed by atoms with Gasteiger partial charge in [0, 0.05) is 26.2 Å². The quantitative estimate of drug-likeness (QED) is 0.234. The van der Waals surface area contributed by atoms with Crippen molar-refractivity contribution in [2.75, 3.05) is 39.3 Å². The highest BCUT2D eigenvalue weighted by molar-refractivity contribution is 14.0. The molecule has 168 valence electrons. The van der Waals surface area contributed by atoms with Gasteiger partial charge in [0.1, 0.15) is 11.5 Å². The number of guanidine groups is 1. The first-order valence-corrected chi connectivity index (χ1v) is 11.0. The molecule has 0 aromatic carbocycles. The fraction of sp³-hybridized carbons (Fsp3) is 0.773. The number of hydrogen-bond acceptors (Lipinski definition) is 4. The fourth-order valence-electron chi connectivity index (χ4n) is 3.98. The predicted molar refractivity (Wildman–Crippen MR) is 131 cm³/mol. The van der Waals surface area contributed by atoms with Crippen molar-refractivity contribution in [3.8, 4) is 0 Å². The maximum atomic E-state index is 9.35. The minimum absolute atomic E-state index is 0. The van der Waals surface area contributed by atoms with Crippen LogP contribution in [0, 0.1) is 18.8 Å². The van der Waals surface area contributed by atoms with Gasteiger partial charge < -0.3 is 20.2 Å². The summed E-state index contributed by atoms with van der Waals surface area (Å²) in [5.41, 5.74) is 0. The number of aliphatic imine (C=N–C) groups is 1. The smallest absolute Gasteiger partial charge is 0.191 e. The SMILES string of the molecule is CCNC(=NCC(CCO)CC(C)C)NCC(c1ccc(C)o1)N1CCCC1.I. The maximum Gasteiger partial charge on any atom is 0.191 e. The van der Waals surface area contributed by atoms with Crippen molar-refractivity contribution in [2.24, 2.45) is 16.8 Å². The molecule has 6 nitrogen and oxygen atoms in total. The van der Waals surface area contributed by atoms with E-state index in [9.17, 15) is 5.11 Å². The summed E-state index contributed by atoms with van der Waals surface area (Å²) >= 11 is 0. The van der Waals surface area contributed by atoms with Gasteiger partial charge in [0.2, 0.25) is 0 Å². The molecule has 2 rings (SSSR count). The zero-order valence-electron chi connectivity index (χ0n) is 18.6. The average molecular weight is 521 g/mol. The van der Waals surface area contributed by atoms with E-state index in [2.05, 4.69) is 42.4 Å². The second-order valence-corrected chi connectivity index (χ2v) is 8.32. The third-order valence-electron chi connectivity index (χ3n) is 5.33. The third kappa shape index (κ3) is 9.26. The van der Waals surface area contributed by atoms with Gasteiger partial charge in [-0.25, -0.2) is 0 Å². The molecular formula is C22H41IN4O2. The van der Waals surface area contributed by atoms with E-state index >= 15 is 0 Å².